The van der Waals surface area contributed by atoms with Gasteiger partial charge in [-0.15, -0.1) is 0 Å². The van der Waals surface area contributed by atoms with Crippen molar-refractivity contribution in [3.63, 3.8) is 0 Å². The lowest BCUT2D eigenvalue weighted by molar-refractivity contribution is 0.170. The van der Waals surface area contributed by atoms with Crippen LogP contribution in [-0.4, -0.2) is 39.4 Å². The van der Waals surface area contributed by atoms with E-state index in [2.05, 4.69) is 46.2 Å². The zero-order valence-electron chi connectivity index (χ0n) is 19.9. The largest absolute Gasteiger partial charge is 0.496 e. The van der Waals surface area contributed by atoms with Gasteiger partial charge < -0.3 is 19.3 Å². The van der Waals surface area contributed by atoms with E-state index in [0.29, 0.717) is 12.1 Å². The van der Waals surface area contributed by atoms with E-state index in [4.69, 9.17) is 9.47 Å². The highest BCUT2D eigenvalue weighted by atomic mass is 19.1. The molecule has 2 aliphatic heterocycles. The minimum absolute atomic E-state index is 0.139. The van der Waals surface area contributed by atoms with Gasteiger partial charge in [-0.3, -0.25) is 0 Å². The Balaban J connectivity index is 1.26. The molecule has 0 atom stereocenters. The van der Waals surface area contributed by atoms with Gasteiger partial charge in [0.05, 0.1) is 12.8 Å². The van der Waals surface area contributed by atoms with Gasteiger partial charge in [-0.1, -0.05) is 30.3 Å². The number of hydrogen-bond donors (Lipinski definition) is 0. The van der Waals surface area contributed by atoms with E-state index >= 15 is 4.39 Å². The lowest BCUT2D eigenvalue weighted by Gasteiger charge is -2.35. The van der Waals surface area contributed by atoms with Crippen LogP contribution in [0.4, 0.5) is 15.8 Å². The molecule has 178 valence electrons. The molecular formula is C29H33FN2O2. The van der Waals surface area contributed by atoms with E-state index in [9.17, 15) is 0 Å². The van der Waals surface area contributed by atoms with Crippen molar-refractivity contribution in [3.05, 3.63) is 83.7 Å². The highest BCUT2D eigenvalue weighted by Crippen LogP contribution is 2.36. The lowest BCUT2D eigenvalue weighted by atomic mass is 9.99. The molecule has 2 fully saturated rings. The molecule has 0 aromatic heterocycles. The summed E-state index contributed by atoms with van der Waals surface area (Å²) in [5, 5.41) is 0. The molecule has 3 aromatic carbocycles. The molecule has 0 amide bonds. The topological polar surface area (TPSA) is 24.9 Å². The maximum absolute atomic E-state index is 15.1. The fourth-order valence-electron chi connectivity index (χ4n) is 5.19. The van der Waals surface area contributed by atoms with Crippen LogP contribution >= 0.6 is 0 Å². The number of nitrogens with zero attached hydrogens (tertiary/aromatic N) is 2. The van der Waals surface area contributed by atoms with Crippen molar-refractivity contribution in [3.8, 4) is 11.5 Å². The summed E-state index contributed by atoms with van der Waals surface area (Å²) in [5.74, 6) is 1.46. The molecular weight excluding hydrogens is 427 g/mol. The van der Waals surface area contributed by atoms with Crippen molar-refractivity contribution < 1.29 is 13.9 Å². The molecule has 2 saturated heterocycles. The molecule has 5 rings (SSSR count). The van der Waals surface area contributed by atoms with Crippen molar-refractivity contribution in [2.24, 2.45) is 0 Å². The lowest BCUT2D eigenvalue weighted by Crippen LogP contribution is -2.39. The standard InChI is InChI=1S/C29H33FN2O2/c1-33-28-14-13-27(30)29(26(28)21-22-7-3-2-4-8-22)32-19-15-25(16-20-32)34-24-11-9-23(10-12-24)31-17-5-6-18-31/h2-4,7-14,25H,5-6,15-21H2,1H3. The van der Waals surface area contributed by atoms with E-state index in [0.717, 1.165) is 61.6 Å². The van der Waals surface area contributed by atoms with Gasteiger partial charge in [-0.05, 0) is 54.8 Å². The van der Waals surface area contributed by atoms with Gasteiger partial charge in [0, 0.05) is 56.7 Å². The third-order valence-electron chi connectivity index (χ3n) is 7.00. The molecule has 0 spiro atoms. The third-order valence-corrected chi connectivity index (χ3v) is 7.00. The first-order chi connectivity index (χ1) is 16.7. The Kier molecular flexibility index (Phi) is 6.89. The average Bonchev–Trinajstić information content (AvgIpc) is 3.41. The van der Waals surface area contributed by atoms with Crippen LogP contribution in [0.3, 0.4) is 0 Å². The van der Waals surface area contributed by atoms with Gasteiger partial charge in [0.1, 0.15) is 23.4 Å². The van der Waals surface area contributed by atoms with E-state index < -0.39 is 0 Å². The first-order valence-corrected chi connectivity index (χ1v) is 12.4. The summed E-state index contributed by atoms with van der Waals surface area (Å²) in [7, 11) is 1.65. The fourth-order valence-corrected chi connectivity index (χ4v) is 5.19. The summed E-state index contributed by atoms with van der Waals surface area (Å²) in [6, 6.07) is 21.9. The zero-order chi connectivity index (χ0) is 23.3. The molecule has 5 heteroatoms. The van der Waals surface area contributed by atoms with Crippen molar-refractivity contribution in [1.29, 1.82) is 0 Å². The summed E-state index contributed by atoms with van der Waals surface area (Å²) in [4.78, 5) is 4.59. The second-order valence-electron chi connectivity index (χ2n) is 9.23. The van der Waals surface area contributed by atoms with Crippen molar-refractivity contribution >= 4 is 11.4 Å². The number of methoxy groups -OCH3 is 1. The first kappa shape index (κ1) is 22.6. The number of ether oxygens (including phenoxy) is 2. The molecule has 2 heterocycles. The zero-order valence-corrected chi connectivity index (χ0v) is 19.9. The Labute approximate surface area is 201 Å². The second-order valence-corrected chi connectivity index (χ2v) is 9.23. The van der Waals surface area contributed by atoms with E-state index in [1.165, 1.54) is 24.6 Å². The van der Waals surface area contributed by atoms with Gasteiger partial charge in [-0.25, -0.2) is 4.39 Å². The Morgan fingerprint density at radius 2 is 1.53 bits per heavy atom. The highest BCUT2D eigenvalue weighted by Gasteiger charge is 2.26. The predicted octanol–water partition coefficient (Wildman–Crippen LogP) is 6.07. The maximum atomic E-state index is 15.1. The number of halogens is 1. The fraction of sp³-hybridized carbons (Fsp3) is 0.379. The smallest absolute Gasteiger partial charge is 0.147 e. The number of hydrogen-bond acceptors (Lipinski definition) is 4. The van der Waals surface area contributed by atoms with Gasteiger partial charge in [0.25, 0.3) is 0 Å². The minimum Gasteiger partial charge on any atom is -0.496 e. The monoisotopic (exact) mass is 460 g/mol. The van der Waals surface area contributed by atoms with Crippen LogP contribution < -0.4 is 19.3 Å². The summed E-state index contributed by atoms with van der Waals surface area (Å²) >= 11 is 0. The molecule has 0 aliphatic carbocycles. The van der Waals surface area contributed by atoms with Gasteiger partial charge in [-0.2, -0.15) is 0 Å². The average molecular weight is 461 g/mol. The molecule has 0 radical (unpaired) electrons. The molecule has 0 saturated carbocycles. The molecule has 0 bridgehead atoms. The second kappa shape index (κ2) is 10.4. The van der Waals surface area contributed by atoms with E-state index in [-0.39, 0.29) is 11.9 Å². The van der Waals surface area contributed by atoms with Crippen molar-refractivity contribution in [2.45, 2.75) is 38.2 Å². The van der Waals surface area contributed by atoms with Crippen LogP contribution in [0.25, 0.3) is 0 Å². The summed E-state index contributed by atoms with van der Waals surface area (Å²) in [6.07, 6.45) is 5.04. The minimum atomic E-state index is -0.191. The quantitative estimate of drug-likeness (QED) is 0.427. The predicted molar refractivity (Wildman–Crippen MR) is 136 cm³/mol. The Hall–Kier alpha value is -3.21. The Morgan fingerprint density at radius 3 is 2.21 bits per heavy atom. The van der Waals surface area contributed by atoms with Crippen molar-refractivity contribution in [1.82, 2.24) is 0 Å². The van der Waals surface area contributed by atoms with Gasteiger partial charge >= 0.3 is 0 Å². The van der Waals surface area contributed by atoms with E-state index in [1.54, 1.807) is 13.2 Å². The highest BCUT2D eigenvalue weighted by molar-refractivity contribution is 5.62. The van der Waals surface area contributed by atoms with Gasteiger partial charge in [0.15, 0.2) is 0 Å². The summed E-state index contributed by atoms with van der Waals surface area (Å²) in [5.41, 5.74) is 3.99. The van der Waals surface area contributed by atoms with Crippen molar-refractivity contribution in [2.75, 3.05) is 43.1 Å². The van der Waals surface area contributed by atoms with Crippen LogP contribution in [0.2, 0.25) is 0 Å². The van der Waals surface area contributed by atoms with Crippen LogP contribution in [0.5, 0.6) is 11.5 Å². The van der Waals surface area contributed by atoms with Crippen LogP contribution in [0.1, 0.15) is 36.8 Å². The van der Waals surface area contributed by atoms with Crippen LogP contribution in [-0.2, 0) is 6.42 Å². The number of anilines is 2. The molecule has 4 nitrogen and oxygen atoms in total. The van der Waals surface area contributed by atoms with Crippen LogP contribution in [0.15, 0.2) is 66.7 Å². The number of rotatable bonds is 7. The normalized spacial score (nSPS) is 16.6. The Morgan fingerprint density at radius 1 is 0.824 bits per heavy atom. The summed E-state index contributed by atoms with van der Waals surface area (Å²) < 4.78 is 27.1. The number of piperidine rings is 1. The van der Waals surface area contributed by atoms with Crippen LogP contribution in [0, 0.1) is 5.82 Å². The molecule has 34 heavy (non-hydrogen) atoms. The SMILES string of the molecule is COc1ccc(F)c(N2CCC(Oc3ccc(N4CCCC4)cc3)CC2)c1Cc1ccccc1. The number of benzene rings is 3. The third kappa shape index (κ3) is 4.98. The molecule has 0 N–H and O–H groups in total. The molecule has 0 unspecified atom stereocenters. The molecule has 2 aliphatic rings. The van der Waals surface area contributed by atoms with E-state index in [1.807, 2.05) is 18.2 Å². The maximum Gasteiger partial charge on any atom is 0.147 e. The van der Waals surface area contributed by atoms with Gasteiger partial charge in [0.2, 0.25) is 0 Å². The Bertz CT molecular complexity index is 1070. The summed E-state index contributed by atoms with van der Waals surface area (Å²) in [6.45, 7) is 3.79. The first-order valence-electron chi connectivity index (χ1n) is 12.4. The molecule has 3 aromatic rings.